The molecule has 0 aliphatic rings. The van der Waals surface area contributed by atoms with Crippen LogP contribution in [0.3, 0.4) is 0 Å². The lowest BCUT2D eigenvalue weighted by atomic mass is 10.1. The topological polar surface area (TPSA) is 68.1 Å². The highest BCUT2D eigenvalue weighted by Crippen LogP contribution is 2.27. The minimum atomic E-state index is -0.387. The summed E-state index contributed by atoms with van der Waals surface area (Å²) < 4.78 is 0. The molecule has 2 aromatic rings. The van der Waals surface area contributed by atoms with E-state index in [2.05, 4.69) is 10.3 Å². The van der Waals surface area contributed by atoms with Gasteiger partial charge >= 0.3 is 0 Å². The van der Waals surface area contributed by atoms with Crippen LogP contribution in [0.15, 0.2) is 29.9 Å². The van der Waals surface area contributed by atoms with Gasteiger partial charge in [-0.3, -0.25) is 15.1 Å². The molecule has 1 unspecified atom stereocenters. The molecular formula is C12H13N3O2S. The van der Waals surface area contributed by atoms with Crippen molar-refractivity contribution in [3.8, 4) is 0 Å². The highest BCUT2D eigenvalue weighted by Gasteiger charge is 2.12. The Morgan fingerprint density at radius 1 is 1.50 bits per heavy atom. The van der Waals surface area contributed by atoms with E-state index in [0.29, 0.717) is 0 Å². The molecule has 0 spiro atoms. The van der Waals surface area contributed by atoms with Gasteiger partial charge in [-0.15, -0.1) is 11.3 Å². The molecule has 1 aromatic carbocycles. The number of anilines is 1. The van der Waals surface area contributed by atoms with Crippen molar-refractivity contribution < 1.29 is 4.92 Å². The zero-order chi connectivity index (χ0) is 13.1. The summed E-state index contributed by atoms with van der Waals surface area (Å²) in [5.74, 6) is 0. The number of non-ortho nitro benzene ring substituents is 1. The van der Waals surface area contributed by atoms with Crippen molar-refractivity contribution in [2.24, 2.45) is 0 Å². The number of benzene rings is 1. The van der Waals surface area contributed by atoms with Crippen LogP contribution in [0.1, 0.15) is 23.4 Å². The molecule has 94 valence electrons. The number of nitro groups is 1. The van der Waals surface area contributed by atoms with Gasteiger partial charge < -0.3 is 5.32 Å². The summed E-state index contributed by atoms with van der Waals surface area (Å²) >= 11 is 1.56. The van der Waals surface area contributed by atoms with Crippen molar-refractivity contribution in [3.05, 3.63) is 50.5 Å². The second-order valence-corrected chi connectivity index (χ2v) is 4.94. The van der Waals surface area contributed by atoms with E-state index in [-0.39, 0.29) is 16.7 Å². The molecule has 0 radical (unpaired) electrons. The zero-order valence-corrected chi connectivity index (χ0v) is 10.9. The van der Waals surface area contributed by atoms with Crippen molar-refractivity contribution in [1.29, 1.82) is 0 Å². The maximum atomic E-state index is 10.7. The molecular weight excluding hydrogens is 250 g/mol. The molecule has 5 nitrogen and oxygen atoms in total. The number of rotatable bonds is 4. The number of aromatic nitrogens is 1. The molecule has 6 heteroatoms. The van der Waals surface area contributed by atoms with Gasteiger partial charge in [-0.25, -0.2) is 0 Å². The lowest BCUT2D eigenvalue weighted by Gasteiger charge is -2.15. The third-order valence-corrected chi connectivity index (χ3v) is 3.64. The molecule has 0 aliphatic heterocycles. The van der Waals surface area contributed by atoms with Crippen LogP contribution in [0.4, 0.5) is 11.4 Å². The van der Waals surface area contributed by atoms with Crippen molar-refractivity contribution in [2.75, 3.05) is 5.32 Å². The summed E-state index contributed by atoms with van der Waals surface area (Å²) in [6.45, 7) is 3.93. The molecule has 0 saturated heterocycles. The standard InChI is InChI=1S/C12H13N3O2S/c1-8-3-4-10(15(16)17)5-11(8)14-9(2)12-6-13-7-18-12/h3-7,9,14H,1-2H3. The Labute approximate surface area is 109 Å². The van der Waals surface area contributed by atoms with E-state index in [1.165, 1.54) is 6.07 Å². The molecule has 1 aromatic heterocycles. The molecule has 1 N–H and O–H groups in total. The fraction of sp³-hybridized carbons (Fsp3) is 0.250. The van der Waals surface area contributed by atoms with E-state index in [0.717, 1.165) is 16.1 Å². The monoisotopic (exact) mass is 263 g/mol. The molecule has 1 atom stereocenters. The molecule has 0 amide bonds. The van der Waals surface area contributed by atoms with Gasteiger partial charge in [0.2, 0.25) is 0 Å². The third kappa shape index (κ3) is 2.65. The quantitative estimate of drug-likeness (QED) is 0.676. The first-order valence-corrected chi connectivity index (χ1v) is 6.36. The summed E-state index contributed by atoms with van der Waals surface area (Å²) in [5.41, 5.74) is 3.63. The van der Waals surface area contributed by atoms with Crippen LogP contribution >= 0.6 is 11.3 Å². The number of hydrogen-bond acceptors (Lipinski definition) is 5. The molecule has 18 heavy (non-hydrogen) atoms. The van der Waals surface area contributed by atoms with Crippen LogP contribution in [-0.4, -0.2) is 9.91 Å². The Bertz CT molecular complexity index is 554. The summed E-state index contributed by atoms with van der Waals surface area (Å²) in [6, 6.07) is 4.91. The predicted octanol–water partition coefficient (Wildman–Crippen LogP) is 3.53. The van der Waals surface area contributed by atoms with Gasteiger partial charge in [0, 0.05) is 28.9 Å². The number of hydrogen-bond donors (Lipinski definition) is 1. The highest BCUT2D eigenvalue weighted by molar-refractivity contribution is 7.09. The average Bonchev–Trinajstić information content (AvgIpc) is 2.85. The average molecular weight is 263 g/mol. The fourth-order valence-corrected chi connectivity index (χ4v) is 2.25. The van der Waals surface area contributed by atoms with Crippen molar-refractivity contribution in [3.63, 3.8) is 0 Å². The van der Waals surface area contributed by atoms with Crippen molar-refractivity contribution in [1.82, 2.24) is 4.98 Å². The number of nitrogens with zero attached hydrogens (tertiary/aromatic N) is 2. The highest BCUT2D eigenvalue weighted by atomic mass is 32.1. The molecule has 2 rings (SSSR count). The van der Waals surface area contributed by atoms with Gasteiger partial charge in [0.05, 0.1) is 16.5 Å². The molecule has 0 saturated carbocycles. The minimum absolute atomic E-state index is 0.0817. The lowest BCUT2D eigenvalue weighted by molar-refractivity contribution is -0.384. The van der Waals surface area contributed by atoms with Gasteiger partial charge in [0.1, 0.15) is 0 Å². The number of nitro benzene ring substituents is 1. The summed E-state index contributed by atoms with van der Waals surface area (Å²) in [4.78, 5) is 15.5. The van der Waals surface area contributed by atoms with E-state index in [9.17, 15) is 10.1 Å². The molecule has 0 bridgehead atoms. The predicted molar refractivity (Wildman–Crippen MR) is 72.0 cm³/mol. The summed E-state index contributed by atoms with van der Waals surface area (Å²) in [6.07, 6.45) is 1.80. The van der Waals surface area contributed by atoms with E-state index in [4.69, 9.17) is 0 Å². The Morgan fingerprint density at radius 3 is 2.89 bits per heavy atom. The van der Waals surface area contributed by atoms with E-state index in [1.807, 2.05) is 13.8 Å². The minimum Gasteiger partial charge on any atom is -0.377 e. The number of aryl methyl sites for hydroxylation is 1. The zero-order valence-electron chi connectivity index (χ0n) is 10.1. The number of nitrogens with one attached hydrogen (secondary N) is 1. The maximum absolute atomic E-state index is 10.7. The maximum Gasteiger partial charge on any atom is 0.271 e. The van der Waals surface area contributed by atoms with E-state index in [1.54, 1.807) is 35.2 Å². The van der Waals surface area contributed by atoms with Crippen molar-refractivity contribution in [2.45, 2.75) is 19.9 Å². The summed E-state index contributed by atoms with van der Waals surface area (Å²) in [7, 11) is 0. The largest absolute Gasteiger partial charge is 0.377 e. The molecule has 1 heterocycles. The first-order valence-electron chi connectivity index (χ1n) is 5.48. The van der Waals surface area contributed by atoms with Crippen molar-refractivity contribution >= 4 is 22.7 Å². The number of thiazole rings is 1. The van der Waals surface area contributed by atoms with Crippen LogP contribution in [0.5, 0.6) is 0 Å². The van der Waals surface area contributed by atoms with Gasteiger partial charge in [0.25, 0.3) is 5.69 Å². The Morgan fingerprint density at radius 2 is 2.28 bits per heavy atom. The summed E-state index contributed by atoms with van der Waals surface area (Å²) in [5, 5.41) is 14.0. The first-order chi connectivity index (χ1) is 8.58. The Balaban J connectivity index is 2.23. The second-order valence-electron chi connectivity index (χ2n) is 4.03. The van der Waals surface area contributed by atoms with Gasteiger partial charge in [-0.05, 0) is 19.4 Å². The Hall–Kier alpha value is -1.95. The van der Waals surface area contributed by atoms with Gasteiger partial charge in [-0.2, -0.15) is 0 Å². The van der Waals surface area contributed by atoms with E-state index >= 15 is 0 Å². The Kier molecular flexibility index (Phi) is 3.57. The van der Waals surface area contributed by atoms with Gasteiger partial charge in [-0.1, -0.05) is 6.07 Å². The molecule has 0 aliphatic carbocycles. The first kappa shape index (κ1) is 12.5. The normalized spacial score (nSPS) is 12.1. The fourth-order valence-electron chi connectivity index (χ4n) is 1.62. The van der Waals surface area contributed by atoms with Crippen LogP contribution in [-0.2, 0) is 0 Å². The van der Waals surface area contributed by atoms with Crippen LogP contribution < -0.4 is 5.32 Å². The lowest BCUT2D eigenvalue weighted by Crippen LogP contribution is -2.06. The van der Waals surface area contributed by atoms with Crippen LogP contribution in [0.25, 0.3) is 0 Å². The SMILES string of the molecule is Cc1ccc([N+](=O)[O-])cc1NC(C)c1cncs1. The smallest absolute Gasteiger partial charge is 0.271 e. The van der Waals surface area contributed by atoms with Crippen LogP contribution in [0, 0.1) is 17.0 Å². The second kappa shape index (κ2) is 5.14. The third-order valence-electron chi connectivity index (χ3n) is 2.68. The van der Waals surface area contributed by atoms with Gasteiger partial charge in [0.15, 0.2) is 0 Å². The molecule has 0 fully saturated rings. The van der Waals surface area contributed by atoms with E-state index < -0.39 is 0 Å². The van der Waals surface area contributed by atoms with Crippen LogP contribution in [0.2, 0.25) is 0 Å².